The van der Waals surface area contributed by atoms with Crippen molar-refractivity contribution in [3.63, 3.8) is 0 Å². The van der Waals surface area contributed by atoms with Crippen molar-refractivity contribution >= 4 is 11.6 Å². The molecular weight excluding hydrogens is 300 g/mol. The van der Waals surface area contributed by atoms with Crippen LogP contribution in [0, 0.1) is 11.8 Å². The molecule has 2 N–H and O–H groups in total. The number of hydrogen-bond donors (Lipinski definition) is 2. The summed E-state index contributed by atoms with van der Waals surface area (Å²) in [6.45, 7) is 6.07. The summed E-state index contributed by atoms with van der Waals surface area (Å²) in [4.78, 5) is 23.7. The SMILES string of the molecule is C[C@H]1CC/C(=C/NCCCCN/C=C2/CC[C@H](C)CC2=O)C(=O)C1. The molecule has 0 radical (unpaired) electrons. The molecule has 0 bridgehead atoms. The van der Waals surface area contributed by atoms with E-state index in [2.05, 4.69) is 24.5 Å². The Labute approximate surface area is 146 Å². The smallest absolute Gasteiger partial charge is 0.160 e. The van der Waals surface area contributed by atoms with Crippen molar-refractivity contribution in [2.45, 2.75) is 65.2 Å². The van der Waals surface area contributed by atoms with Crippen LogP contribution in [0.1, 0.15) is 65.2 Å². The molecule has 2 fully saturated rings. The largest absolute Gasteiger partial charge is 0.391 e. The topological polar surface area (TPSA) is 58.2 Å². The maximum Gasteiger partial charge on any atom is 0.160 e. The van der Waals surface area contributed by atoms with E-state index in [4.69, 9.17) is 0 Å². The predicted molar refractivity (Wildman–Crippen MR) is 97.4 cm³/mol. The summed E-state index contributed by atoms with van der Waals surface area (Å²) < 4.78 is 0. The first-order chi connectivity index (χ1) is 11.6. The van der Waals surface area contributed by atoms with Gasteiger partial charge < -0.3 is 10.6 Å². The van der Waals surface area contributed by atoms with E-state index < -0.39 is 0 Å². The van der Waals surface area contributed by atoms with Crippen LogP contribution in [0.5, 0.6) is 0 Å². The van der Waals surface area contributed by atoms with Gasteiger partial charge in [0.05, 0.1) is 0 Å². The average Bonchev–Trinajstić information content (AvgIpc) is 2.53. The van der Waals surface area contributed by atoms with Crippen molar-refractivity contribution in [1.82, 2.24) is 10.6 Å². The van der Waals surface area contributed by atoms with E-state index in [0.717, 1.165) is 62.8 Å². The number of allylic oxidation sites excluding steroid dienone is 2. The highest BCUT2D eigenvalue weighted by atomic mass is 16.1. The predicted octanol–water partition coefficient (Wildman–Crippen LogP) is 3.49. The summed E-state index contributed by atoms with van der Waals surface area (Å²) in [5.74, 6) is 1.69. The summed E-state index contributed by atoms with van der Waals surface area (Å²) in [7, 11) is 0. The zero-order valence-corrected chi connectivity index (χ0v) is 15.2. The van der Waals surface area contributed by atoms with Crippen molar-refractivity contribution in [2.24, 2.45) is 11.8 Å². The summed E-state index contributed by atoms with van der Waals surface area (Å²) in [6, 6.07) is 0. The first-order valence-corrected chi connectivity index (χ1v) is 9.47. The highest BCUT2D eigenvalue weighted by Crippen LogP contribution is 2.25. The van der Waals surface area contributed by atoms with Gasteiger partial charge in [0.2, 0.25) is 0 Å². The molecule has 4 heteroatoms. The Hall–Kier alpha value is -1.58. The number of hydrogen-bond acceptors (Lipinski definition) is 4. The van der Waals surface area contributed by atoms with Gasteiger partial charge in [0.25, 0.3) is 0 Å². The minimum atomic E-state index is 0.306. The van der Waals surface area contributed by atoms with Crippen LogP contribution in [0.25, 0.3) is 0 Å². The van der Waals surface area contributed by atoms with Crippen LogP contribution in [0.3, 0.4) is 0 Å². The van der Waals surface area contributed by atoms with E-state index in [-0.39, 0.29) is 0 Å². The van der Waals surface area contributed by atoms with E-state index >= 15 is 0 Å². The van der Waals surface area contributed by atoms with Gasteiger partial charge in [-0.05, 0) is 50.4 Å². The highest BCUT2D eigenvalue weighted by molar-refractivity contribution is 5.96. The third-order valence-corrected chi connectivity index (χ3v) is 5.04. The molecule has 0 unspecified atom stereocenters. The lowest BCUT2D eigenvalue weighted by Gasteiger charge is -2.19. The number of unbranched alkanes of at least 4 members (excludes halogenated alkanes) is 1. The van der Waals surface area contributed by atoms with E-state index in [1.807, 2.05) is 12.4 Å². The van der Waals surface area contributed by atoms with E-state index in [0.29, 0.717) is 36.2 Å². The van der Waals surface area contributed by atoms with Crippen LogP contribution in [0.4, 0.5) is 0 Å². The molecule has 24 heavy (non-hydrogen) atoms. The van der Waals surface area contributed by atoms with Crippen molar-refractivity contribution in [2.75, 3.05) is 13.1 Å². The lowest BCUT2D eigenvalue weighted by atomic mass is 9.86. The Balaban J connectivity index is 1.54. The second-order valence-electron chi connectivity index (χ2n) is 7.50. The molecule has 134 valence electrons. The Bertz CT molecular complexity index is 462. The third-order valence-electron chi connectivity index (χ3n) is 5.04. The Morgan fingerprint density at radius 2 is 1.25 bits per heavy atom. The molecule has 0 amide bonds. The standard InChI is InChI=1S/C20H32N2O2/c1-15-5-7-17(19(23)11-15)13-21-9-3-4-10-22-14-18-8-6-16(2)12-20(18)24/h13-16,21-22H,3-12H2,1-2H3/b17-13-,18-14-/t15-,16-/m0/s1. The lowest BCUT2D eigenvalue weighted by Crippen LogP contribution is -2.20. The minimum Gasteiger partial charge on any atom is -0.391 e. The van der Waals surface area contributed by atoms with Crippen molar-refractivity contribution < 1.29 is 9.59 Å². The van der Waals surface area contributed by atoms with Crippen LogP contribution < -0.4 is 10.6 Å². The number of nitrogens with one attached hydrogen (secondary N) is 2. The second kappa shape index (κ2) is 9.65. The van der Waals surface area contributed by atoms with Gasteiger partial charge >= 0.3 is 0 Å². The summed E-state index contributed by atoms with van der Waals surface area (Å²) in [5.41, 5.74) is 1.92. The summed E-state index contributed by atoms with van der Waals surface area (Å²) in [5, 5.41) is 6.54. The maximum absolute atomic E-state index is 11.9. The molecule has 2 aliphatic rings. The van der Waals surface area contributed by atoms with Gasteiger partial charge in [-0.3, -0.25) is 9.59 Å². The van der Waals surface area contributed by atoms with E-state index in [1.165, 1.54) is 0 Å². The molecule has 0 saturated heterocycles. The first kappa shape index (κ1) is 18.8. The van der Waals surface area contributed by atoms with Gasteiger partial charge in [0, 0.05) is 49.5 Å². The molecule has 4 nitrogen and oxygen atoms in total. The third kappa shape index (κ3) is 6.14. The summed E-state index contributed by atoms with van der Waals surface area (Å²) in [6.07, 6.45) is 11.4. The molecule has 0 aliphatic heterocycles. The lowest BCUT2D eigenvalue weighted by molar-refractivity contribution is -0.118. The minimum absolute atomic E-state index is 0.306. The van der Waals surface area contributed by atoms with Crippen molar-refractivity contribution in [1.29, 1.82) is 0 Å². The van der Waals surface area contributed by atoms with Crippen LogP contribution in [0.2, 0.25) is 0 Å². The second-order valence-corrected chi connectivity index (χ2v) is 7.50. The zero-order valence-electron chi connectivity index (χ0n) is 15.2. The van der Waals surface area contributed by atoms with E-state index in [9.17, 15) is 9.59 Å². The van der Waals surface area contributed by atoms with Crippen molar-refractivity contribution in [3.05, 3.63) is 23.5 Å². The Morgan fingerprint density at radius 3 is 1.62 bits per heavy atom. The number of carbonyl (C=O) groups is 2. The fraction of sp³-hybridized carbons (Fsp3) is 0.700. The van der Waals surface area contributed by atoms with Gasteiger partial charge in [-0.2, -0.15) is 0 Å². The number of rotatable bonds is 7. The van der Waals surface area contributed by atoms with Gasteiger partial charge in [0.1, 0.15) is 0 Å². The van der Waals surface area contributed by atoms with Gasteiger partial charge in [-0.25, -0.2) is 0 Å². The molecule has 0 aromatic heterocycles. The molecule has 2 saturated carbocycles. The first-order valence-electron chi connectivity index (χ1n) is 9.47. The molecule has 2 rings (SSSR count). The maximum atomic E-state index is 11.9. The molecule has 0 heterocycles. The van der Waals surface area contributed by atoms with Gasteiger partial charge in [-0.15, -0.1) is 0 Å². The molecule has 0 aromatic carbocycles. The van der Waals surface area contributed by atoms with Crippen molar-refractivity contribution in [3.8, 4) is 0 Å². The van der Waals surface area contributed by atoms with Crippen LogP contribution in [-0.4, -0.2) is 24.7 Å². The van der Waals surface area contributed by atoms with Gasteiger partial charge in [0.15, 0.2) is 11.6 Å². The monoisotopic (exact) mass is 332 g/mol. The number of carbonyl (C=O) groups excluding carboxylic acids is 2. The Kier molecular flexibility index (Phi) is 7.54. The molecule has 2 atom stereocenters. The molecule has 0 aromatic rings. The fourth-order valence-electron chi connectivity index (χ4n) is 3.33. The highest BCUT2D eigenvalue weighted by Gasteiger charge is 2.20. The number of Topliss-reactive ketones (excluding diaryl/α,β-unsaturated/α-hetero) is 2. The molecule has 2 aliphatic carbocycles. The normalized spacial score (nSPS) is 28.4. The average molecular weight is 332 g/mol. The molecule has 0 spiro atoms. The number of ketones is 2. The van der Waals surface area contributed by atoms with E-state index in [1.54, 1.807) is 0 Å². The van der Waals surface area contributed by atoms with Crippen LogP contribution >= 0.6 is 0 Å². The zero-order chi connectivity index (χ0) is 17.4. The summed E-state index contributed by atoms with van der Waals surface area (Å²) >= 11 is 0. The van der Waals surface area contributed by atoms with Crippen LogP contribution in [-0.2, 0) is 9.59 Å². The quantitative estimate of drug-likeness (QED) is 0.553. The fourth-order valence-corrected chi connectivity index (χ4v) is 3.33. The van der Waals surface area contributed by atoms with Gasteiger partial charge in [-0.1, -0.05) is 13.8 Å². The van der Waals surface area contributed by atoms with Crippen LogP contribution in [0.15, 0.2) is 23.5 Å². The molecular formula is C20H32N2O2. The Morgan fingerprint density at radius 1 is 0.833 bits per heavy atom.